The second-order valence-electron chi connectivity index (χ2n) is 4.23. The van der Waals surface area contributed by atoms with E-state index in [1.54, 1.807) is 25.4 Å². The molecule has 2 N–H and O–H groups in total. The third-order valence-corrected chi connectivity index (χ3v) is 2.95. The predicted molar refractivity (Wildman–Crippen MR) is 82.2 cm³/mol. The molecular weight excluding hydrogens is 272 g/mol. The topological polar surface area (TPSA) is 57.4 Å². The van der Waals surface area contributed by atoms with E-state index in [1.165, 1.54) is 5.56 Å². The molecule has 4 nitrogen and oxygen atoms in total. The number of nitrogens with zero attached hydrogens (tertiary/aromatic N) is 1. The van der Waals surface area contributed by atoms with Crippen molar-refractivity contribution >= 4 is 17.2 Å². The minimum Gasteiger partial charge on any atom is -0.457 e. The number of nitrogens with two attached hydrogens (primary N) is 1. The summed E-state index contributed by atoms with van der Waals surface area (Å²) >= 11 is 4.89. The Bertz CT molecular complexity index is 585. The lowest BCUT2D eigenvalue weighted by Gasteiger charge is -2.07. The molecule has 0 unspecified atom stereocenters. The summed E-state index contributed by atoms with van der Waals surface area (Å²) in [5, 5.41) is 0. The first kappa shape index (κ1) is 14.4. The number of ether oxygens (including phenoxy) is 2. The van der Waals surface area contributed by atoms with Gasteiger partial charge in [0.25, 0.3) is 0 Å². The molecule has 1 aromatic carbocycles. The molecule has 0 atom stereocenters. The summed E-state index contributed by atoms with van der Waals surface area (Å²) in [4.78, 5) is 4.32. The maximum absolute atomic E-state index is 5.74. The summed E-state index contributed by atoms with van der Waals surface area (Å²) in [7, 11) is 1.69. The molecule has 0 aliphatic carbocycles. The molecule has 0 fully saturated rings. The highest BCUT2D eigenvalue weighted by Crippen LogP contribution is 2.22. The second-order valence-corrected chi connectivity index (χ2v) is 4.67. The van der Waals surface area contributed by atoms with Gasteiger partial charge in [0.1, 0.15) is 22.2 Å². The number of hydrogen-bond acceptors (Lipinski definition) is 4. The van der Waals surface area contributed by atoms with Crippen molar-refractivity contribution in [1.29, 1.82) is 0 Å². The summed E-state index contributed by atoms with van der Waals surface area (Å²) in [6, 6.07) is 11.4. The molecule has 0 spiro atoms. The lowest BCUT2D eigenvalue weighted by atomic mass is 10.1. The summed E-state index contributed by atoms with van der Waals surface area (Å²) in [5.41, 5.74) is 7.30. The van der Waals surface area contributed by atoms with Gasteiger partial charge < -0.3 is 15.2 Å². The van der Waals surface area contributed by atoms with Crippen LogP contribution in [0.4, 0.5) is 0 Å². The lowest BCUT2D eigenvalue weighted by molar-refractivity contribution is 0.202. The Kier molecular flexibility index (Phi) is 5.03. The summed E-state index contributed by atoms with van der Waals surface area (Å²) < 4.78 is 10.8. The summed E-state index contributed by atoms with van der Waals surface area (Å²) in [5.74, 6) is 1.42. The van der Waals surface area contributed by atoms with Gasteiger partial charge in [-0.25, -0.2) is 0 Å². The second kappa shape index (κ2) is 6.98. The van der Waals surface area contributed by atoms with Crippen LogP contribution in [0.3, 0.4) is 0 Å². The molecule has 1 heterocycles. The van der Waals surface area contributed by atoms with Crippen LogP contribution < -0.4 is 10.5 Å². The molecule has 5 heteroatoms. The molecule has 0 saturated carbocycles. The van der Waals surface area contributed by atoms with Gasteiger partial charge in [0.2, 0.25) is 0 Å². The number of thiocarbonyl (C=S) groups is 1. The molecule has 0 radical (unpaired) electrons. The predicted octanol–water partition coefficient (Wildman–Crippen LogP) is 2.70. The van der Waals surface area contributed by atoms with Crippen molar-refractivity contribution in [2.75, 3.05) is 13.7 Å². The molecule has 2 aromatic rings. The average Bonchev–Trinajstić information content (AvgIpc) is 2.47. The molecule has 1 aromatic heterocycles. The van der Waals surface area contributed by atoms with E-state index in [2.05, 4.69) is 4.98 Å². The van der Waals surface area contributed by atoms with Crippen LogP contribution in [0, 0.1) is 0 Å². The number of pyridine rings is 1. The zero-order chi connectivity index (χ0) is 14.4. The Morgan fingerprint density at radius 2 is 1.95 bits per heavy atom. The van der Waals surface area contributed by atoms with Crippen molar-refractivity contribution in [3.8, 4) is 11.5 Å². The van der Waals surface area contributed by atoms with Crippen LogP contribution in [0.15, 0.2) is 42.6 Å². The molecule has 0 saturated heterocycles. The van der Waals surface area contributed by atoms with E-state index in [0.717, 1.165) is 12.2 Å². The standard InChI is InChI=1S/C15H16N2O2S/c1-18-9-7-11-2-4-12(5-3-11)19-13-6-8-17-14(10-13)15(16)20/h2-6,8,10H,7,9H2,1H3,(H2,16,20). The Morgan fingerprint density at radius 3 is 2.60 bits per heavy atom. The Balaban J connectivity index is 2.06. The van der Waals surface area contributed by atoms with Crippen molar-refractivity contribution in [2.24, 2.45) is 5.73 Å². The van der Waals surface area contributed by atoms with Crippen LogP contribution in [0.2, 0.25) is 0 Å². The fourth-order valence-corrected chi connectivity index (χ4v) is 1.80. The zero-order valence-electron chi connectivity index (χ0n) is 11.2. The van der Waals surface area contributed by atoms with Crippen molar-refractivity contribution in [3.05, 3.63) is 53.9 Å². The van der Waals surface area contributed by atoms with Crippen LogP contribution in [0.5, 0.6) is 11.5 Å². The Morgan fingerprint density at radius 1 is 1.20 bits per heavy atom. The highest BCUT2D eigenvalue weighted by Gasteiger charge is 2.02. The maximum atomic E-state index is 5.74. The Hall–Kier alpha value is -1.98. The van der Waals surface area contributed by atoms with Crippen molar-refractivity contribution in [3.63, 3.8) is 0 Å². The number of hydrogen-bond donors (Lipinski definition) is 1. The zero-order valence-corrected chi connectivity index (χ0v) is 12.0. The van der Waals surface area contributed by atoms with Gasteiger partial charge in [-0.05, 0) is 30.2 Å². The maximum Gasteiger partial charge on any atom is 0.131 e. The molecule has 20 heavy (non-hydrogen) atoms. The minimum absolute atomic E-state index is 0.255. The highest BCUT2D eigenvalue weighted by molar-refractivity contribution is 7.80. The largest absolute Gasteiger partial charge is 0.457 e. The van der Waals surface area contributed by atoms with Gasteiger partial charge in [0, 0.05) is 19.4 Å². The van der Waals surface area contributed by atoms with Gasteiger partial charge in [0.05, 0.1) is 6.61 Å². The third-order valence-electron chi connectivity index (χ3n) is 2.74. The van der Waals surface area contributed by atoms with Gasteiger partial charge in [-0.1, -0.05) is 24.4 Å². The van der Waals surface area contributed by atoms with Crippen LogP contribution in [0.25, 0.3) is 0 Å². The molecule has 0 bridgehead atoms. The quantitative estimate of drug-likeness (QED) is 0.828. The van der Waals surface area contributed by atoms with Crippen molar-refractivity contribution < 1.29 is 9.47 Å². The van der Waals surface area contributed by atoms with E-state index in [9.17, 15) is 0 Å². The smallest absolute Gasteiger partial charge is 0.131 e. The van der Waals surface area contributed by atoms with Crippen LogP contribution in [-0.2, 0) is 11.2 Å². The lowest BCUT2D eigenvalue weighted by Crippen LogP contribution is -2.11. The van der Waals surface area contributed by atoms with Crippen LogP contribution >= 0.6 is 12.2 Å². The van der Waals surface area contributed by atoms with E-state index in [0.29, 0.717) is 18.1 Å². The molecule has 0 aliphatic rings. The van der Waals surface area contributed by atoms with E-state index >= 15 is 0 Å². The fraction of sp³-hybridized carbons (Fsp3) is 0.200. The highest BCUT2D eigenvalue weighted by atomic mass is 32.1. The number of methoxy groups -OCH3 is 1. The van der Waals surface area contributed by atoms with Crippen LogP contribution in [0.1, 0.15) is 11.3 Å². The molecule has 2 rings (SSSR count). The summed E-state index contributed by atoms with van der Waals surface area (Å²) in [6.45, 7) is 0.710. The molecule has 0 aliphatic heterocycles. The monoisotopic (exact) mass is 288 g/mol. The van der Waals surface area contributed by atoms with Gasteiger partial charge in [-0.3, -0.25) is 4.98 Å². The number of rotatable bonds is 6. The van der Waals surface area contributed by atoms with Gasteiger partial charge >= 0.3 is 0 Å². The average molecular weight is 288 g/mol. The summed E-state index contributed by atoms with van der Waals surface area (Å²) in [6.07, 6.45) is 2.51. The van der Waals surface area contributed by atoms with Gasteiger partial charge in [-0.2, -0.15) is 0 Å². The number of aromatic nitrogens is 1. The molecule has 0 amide bonds. The Labute approximate surface area is 123 Å². The van der Waals surface area contributed by atoms with Crippen molar-refractivity contribution in [2.45, 2.75) is 6.42 Å². The van der Waals surface area contributed by atoms with Crippen molar-refractivity contribution in [1.82, 2.24) is 4.98 Å². The first-order valence-electron chi connectivity index (χ1n) is 6.20. The number of benzene rings is 1. The molecular formula is C15H16N2O2S. The fourth-order valence-electron chi connectivity index (χ4n) is 1.69. The van der Waals surface area contributed by atoms with E-state index in [-0.39, 0.29) is 4.99 Å². The van der Waals surface area contributed by atoms with Crippen LogP contribution in [-0.4, -0.2) is 23.7 Å². The normalized spacial score (nSPS) is 10.2. The SMILES string of the molecule is COCCc1ccc(Oc2ccnc(C(N)=S)c2)cc1. The minimum atomic E-state index is 0.255. The van der Waals surface area contributed by atoms with E-state index in [4.69, 9.17) is 27.4 Å². The van der Waals surface area contributed by atoms with Gasteiger partial charge in [0.15, 0.2) is 0 Å². The van der Waals surface area contributed by atoms with Gasteiger partial charge in [-0.15, -0.1) is 0 Å². The third kappa shape index (κ3) is 4.01. The molecule has 104 valence electrons. The van der Waals surface area contributed by atoms with E-state index in [1.807, 2.05) is 24.3 Å². The first-order chi connectivity index (χ1) is 9.69. The van der Waals surface area contributed by atoms with E-state index < -0.39 is 0 Å². The first-order valence-corrected chi connectivity index (χ1v) is 6.61.